The van der Waals surface area contributed by atoms with Crippen molar-refractivity contribution in [3.05, 3.63) is 77.5 Å². The smallest absolute Gasteiger partial charge is 0.325 e. The van der Waals surface area contributed by atoms with Crippen molar-refractivity contribution in [2.24, 2.45) is 0 Å². The van der Waals surface area contributed by atoms with E-state index >= 15 is 0 Å². The zero-order valence-electron chi connectivity index (χ0n) is 21.7. The maximum atomic E-state index is 12.3. The number of carbonyl (C=O) groups is 1. The molecule has 0 amide bonds. The van der Waals surface area contributed by atoms with Crippen LogP contribution in [0.15, 0.2) is 77.5 Å². The van der Waals surface area contributed by atoms with Crippen LogP contribution in [0.25, 0.3) is 10.9 Å². The van der Waals surface area contributed by atoms with Gasteiger partial charge in [-0.2, -0.15) is 0 Å². The van der Waals surface area contributed by atoms with Crippen LogP contribution >= 0.6 is 15.9 Å². The molecule has 1 aliphatic rings. The van der Waals surface area contributed by atoms with Gasteiger partial charge in [-0.1, -0.05) is 40.2 Å². The van der Waals surface area contributed by atoms with Crippen molar-refractivity contribution in [3.63, 3.8) is 0 Å². The summed E-state index contributed by atoms with van der Waals surface area (Å²) in [6.45, 7) is 4.84. The van der Waals surface area contributed by atoms with Crippen LogP contribution in [-0.4, -0.2) is 78.7 Å². The first kappa shape index (κ1) is 26.9. The van der Waals surface area contributed by atoms with Gasteiger partial charge in [0.25, 0.3) is 0 Å². The molecule has 5 rings (SSSR count). The third-order valence-corrected chi connectivity index (χ3v) is 6.96. The molecule has 0 spiro atoms. The summed E-state index contributed by atoms with van der Waals surface area (Å²) >= 11 is 3.51. The number of ether oxygens (including phenoxy) is 3. The number of halogens is 1. The van der Waals surface area contributed by atoms with E-state index < -0.39 is 0 Å². The van der Waals surface area contributed by atoms with E-state index in [1.807, 2.05) is 54.6 Å². The molecule has 0 radical (unpaired) electrons. The van der Waals surface area contributed by atoms with Crippen LogP contribution in [0.5, 0.6) is 17.2 Å². The predicted molar refractivity (Wildman–Crippen MR) is 154 cm³/mol. The molecule has 0 atom stereocenters. The van der Waals surface area contributed by atoms with E-state index in [-0.39, 0.29) is 12.5 Å². The maximum absolute atomic E-state index is 12.3. The minimum absolute atomic E-state index is 0.237. The topological polar surface area (TPSA) is 89.1 Å². The molecule has 9 nitrogen and oxygen atoms in total. The zero-order chi connectivity index (χ0) is 27.0. The first-order valence-corrected chi connectivity index (χ1v) is 13.6. The van der Waals surface area contributed by atoms with Crippen molar-refractivity contribution in [1.82, 2.24) is 19.8 Å². The fraction of sp³-hybridized carbons (Fsp3) is 0.276. The number of esters is 1. The number of anilines is 2. The van der Waals surface area contributed by atoms with Gasteiger partial charge in [0.05, 0.1) is 19.2 Å². The van der Waals surface area contributed by atoms with Crippen LogP contribution in [-0.2, 0) is 4.79 Å². The Labute approximate surface area is 235 Å². The van der Waals surface area contributed by atoms with Crippen molar-refractivity contribution >= 4 is 44.3 Å². The van der Waals surface area contributed by atoms with Crippen LogP contribution in [0.4, 0.5) is 11.5 Å². The molecule has 3 aromatic carbocycles. The Morgan fingerprint density at radius 3 is 2.51 bits per heavy atom. The number of benzene rings is 3. The van der Waals surface area contributed by atoms with Gasteiger partial charge in [0, 0.05) is 54.3 Å². The zero-order valence-corrected chi connectivity index (χ0v) is 23.3. The Hall–Kier alpha value is -3.73. The molecule has 2 heterocycles. The number of aromatic nitrogens is 2. The molecular weight excluding hydrogens is 562 g/mol. The molecule has 1 N–H and O–H groups in total. The summed E-state index contributed by atoms with van der Waals surface area (Å²) in [7, 11) is 1.62. The number of piperazine rings is 1. The molecule has 39 heavy (non-hydrogen) atoms. The van der Waals surface area contributed by atoms with Crippen molar-refractivity contribution in [1.29, 1.82) is 0 Å². The van der Waals surface area contributed by atoms with E-state index in [9.17, 15) is 4.79 Å². The lowest BCUT2D eigenvalue weighted by atomic mass is 10.2. The summed E-state index contributed by atoms with van der Waals surface area (Å²) in [6, 6.07) is 20.9. The predicted octanol–water partition coefficient (Wildman–Crippen LogP) is 4.75. The van der Waals surface area contributed by atoms with Crippen LogP contribution in [0.1, 0.15) is 0 Å². The van der Waals surface area contributed by atoms with Crippen molar-refractivity contribution < 1.29 is 19.0 Å². The molecule has 10 heteroatoms. The quantitative estimate of drug-likeness (QED) is 0.207. The highest BCUT2D eigenvalue weighted by Crippen LogP contribution is 2.35. The molecule has 4 aromatic rings. The normalized spacial score (nSPS) is 14.2. The number of nitrogens with one attached hydrogen (secondary N) is 1. The lowest BCUT2D eigenvalue weighted by molar-refractivity contribution is -0.136. The highest BCUT2D eigenvalue weighted by Gasteiger charge is 2.20. The number of rotatable bonds is 10. The SMILES string of the molecule is COc1cc2ncnc(Nc3cccc(Br)c3)c2cc1OCCN1CCN(CC(=O)Oc2ccccc2)CC1. The summed E-state index contributed by atoms with van der Waals surface area (Å²) in [6.07, 6.45) is 1.53. The van der Waals surface area contributed by atoms with Gasteiger partial charge in [0.2, 0.25) is 0 Å². The monoisotopic (exact) mass is 591 g/mol. The Morgan fingerprint density at radius 2 is 1.74 bits per heavy atom. The molecule has 0 bridgehead atoms. The average Bonchev–Trinajstić information content (AvgIpc) is 2.94. The fourth-order valence-corrected chi connectivity index (χ4v) is 4.83. The van der Waals surface area contributed by atoms with E-state index in [2.05, 4.69) is 41.0 Å². The molecule has 1 aliphatic heterocycles. The molecule has 0 unspecified atom stereocenters. The van der Waals surface area contributed by atoms with Crippen molar-refractivity contribution in [2.75, 3.05) is 58.3 Å². The number of methoxy groups -OCH3 is 1. The largest absolute Gasteiger partial charge is 0.493 e. The molecule has 1 saturated heterocycles. The summed E-state index contributed by atoms with van der Waals surface area (Å²) in [5.41, 5.74) is 1.67. The van der Waals surface area contributed by atoms with Gasteiger partial charge in [-0.05, 0) is 36.4 Å². The molecule has 0 aliphatic carbocycles. The number of fused-ring (bicyclic) bond motifs is 1. The maximum Gasteiger partial charge on any atom is 0.325 e. The van der Waals surface area contributed by atoms with E-state index in [1.54, 1.807) is 19.2 Å². The van der Waals surface area contributed by atoms with E-state index in [1.165, 1.54) is 6.33 Å². The summed E-state index contributed by atoms with van der Waals surface area (Å²) in [5.74, 6) is 2.28. The number of nitrogens with zero attached hydrogens (tertiary/aromatic N) is 4. The highest BCUT2D eigenvalue weighted by molar-refractivity contribution is 9.10. The minimum atomic E-state index is -0.237. The second-order valence-electron chi connectivity index (χ2n) is 9.13. The van der Waals surface area contributed by atoms with Gasteiger partial charge >= 0.3 is 5.97 Å². The molecule has 1 aromatic heterocycles. The molecular formula is C29H30BrN5O4. The molecule has 0 saturated carbocycles. The molecule has 202 valence electrons. The van der Waals surface area contributed by atoms with E-state index in [0.717, 1.165) is 53.8 Å². The van der Waals surface area contributed by atoms with Gasteiger partial charge in [0.1, 0.15) is 24.5 Å². The average molecular weight is 592 g/mol. The summed E-state index contributed by atoms with van der Waals surface area (Å²) in [4.78, 5) is 25.6. The fourth-order valence-electron chi connectivity index (χ4n) is 4.43. The number of carbonyl (C=O) groups excluding carboxylic acids is 1. The number of hydrogen-bond donors (Lipinski definition) is 1. The number of hydrogen-bond acceptors (Lipinski definition) is 9. The summed E-state index contributed by atoms with van der Waals surface area (Å²) in [5, 5.41) is 4.21. The van der Waals surface area contributed by atoms with Gasteiger partial charge < -0.3 is 19.5 Å². The van der Waals surface area contributed by atoms with Gasteiger partial charge in [-0.25, -0.2) is 9.97 Å². The standard InChI is InChI=1S/C29H30BrN5O4/c1-37-26-18-25-24(29(32-20-31-25)33-22-7-5-6-21(30)16-22)17-27(26)38-15-14-34-10-12-35(13-11-34)19-28(36)39-23-8-3-2-4-9-23/h2-9,16-18,20H,10-15,19H2,1H3,(H,31,32,33). The Morgan fingerprint density at radius 1 is 0.949 bits per heavy atom. The van der Waals surface area contributed by atoms with Gasteiger partial charge in [-0.3, -0.25) is 14.6 Å². The van der Waals surface area contributed by atoms with Crippen LogP contribution in [0.3, 0.4) is 0 Å². The lowest BCUT2D eigenvalue weighted by Gasteiger charge is -2.33. The van der Waals surface area contributed by atoms with Gasteiger partial charge in [0.15, 0.2) is 11.5 Å². The van der Waals surface area contributed by atoms with Crippen LogP contribution in [0, 0.1) is 0 Å². The number of para-hydroxylation sites is 1. The first-order chi connectivity index (χ1) is 19.1. The third kappa shape index (κ3) is 7.23. The van der Waals surface area contributed by atoms with Crippen LogP contribution < -0.4 is 19.5 Å². The van der Waals surface area contributed by atoms with E-state index in [4.69, 9.17) is 14.2 Å². The Bertz CT molecular complexity index is 1410. The summed E-state index contributed by atoms with van der Waals surface area (Å²) < 4.78 is 18.2. The third-order valence-electron chi connectivity index (χ3n) is 6.47. The Kier molecular flexibility index (Phi) is 8.87. The second-order valence-corrected chi connectivity index (χ2v) is 10.0. The second kappa shape index (κ2) is 12.9. The first-order valence-electron chi connectivity index (χ1n) is 12.8. The van der Waals surface area contributed by atoms with Crippen molar-refractivity contribution in [3.8, 4) is 17.2 Å². The van der Waals surface area contributed by atoms with E-state index in [0.29, 0.717) is 29.7 Å². The molecule has 1 fully saturated rings. The minimum Gasteiger partial charge on any atom is -0.493 e. The van der Waals surface area contributed by atoms with Crippen LogP contribution in [0.2, 0.25) is 0 Å². The lowest BCUT2D eigenvalue weighted by Crippen LogP contribution is -2.49. The van der Waals surface area contributed by atoms with Gasteiger partial charge in [-0.15, -0.1) is 0 Å². The highest BCUT2D eigenvalue weighted by atomic mass is 79.9. The Balaban J connectivity index is 1.15. The van der Waals surface area contributed by atoms with Crippen molar-refractivity contribution in [2.45, 2.75) is 0 Å².